The van der Waals surface area contributed by atoms with E-state index >= 15 is 8.78 Å². The molecule has 0 bridgehead atoms. The van der Waals surface area contributed by atoms with Gasteiger partial charge in [0.05, 0.1) is 29.4 Å². The van der Waals surface area contributed by atoms with E-state index in [4.69, 9.17) is 23.2 Å². The molecular formula is C52H49Cl2F2N11O2. The van der Waals surface area contributed by atoms with Gasteiger partial charge in [0.1, 0.15) is 33.6 Å². The van der Waals surface area contributed by atoms with Gasteiger partial charge in [0, 0.05) is 93.2 Å². The maximum Gasteiger partial charge on any atom is 0.234 e. The number of rotatable bonds is 10. The Morgan fingerprint density at radius 3 is 1.65 bits per heavy atom. The summed E-state index contributed by atoms with van der Waals surface area (Å²) in [7, 11) is 3.73. The molecule has 0 spiro atoms. The molecule has 352 valence electrons. The molecule has 0 radical (unpaired) electrons. The topological polar surface area (TPSA) is 140 Å². The zero-order chi connectivity index (χ0) is 47.6. The maximum absolute atomic E-state index is 15.4. The van der Waals surface area contributed by atoms with E-state index in [1.54, 1.807) is 80.0 Å². The van der Waals surface area contributed by atoms with Crippen LogP contribution in [0.2, 0.25) is 10.3 Å². The van der Waals surface area contributed by atoms with Crippen LogP contribution in [-0.4, -0.2) is 64.4 Å². The van der Waals surface area contributed by atoms with Crippen molar-refractivity contribution in [3.05, 3.63) is 178 Å². The number of carbonyl (C=O) groups excluding carboxylic acids is 2. The molecule has 0 saturated carbocycles. The standard InChI is InChI=1S/C26H23ClFN5O.C25H22ClFN6O.CH4/c1-16(22-4-3-8-30-25(22)27)26(34)33-11-7-18-12-19(14-23(28)24(18)33)17-5-9-29-20(13-17)15-21-6-10-31-32(21)2;1-15(19-4-3-8-29-24(19)26)25(34)33-11-7-17-12-18(13-20(27)23(17)33)16-5-9-28-21(14-16)31-22-6-10-30-32(22)2;/h3-6,8-10,12-14,16H,7,11,15H2,1-2H3;3-6,8-10,12-15H,7,11H2,1-2H3,(H,28,31);1H4. The van der Waals surface area contributed by atoms with Crippen LogP contribution in [-0.2, 0) is 42.9 Å². The Balaban J connectivity index is 0.000000183. The molecule has 2 atom stereocenters. The van der Waals surface area contributed by atoms with Crippen molar-refractivity contribution in [2.45, 2.75) is 52.4 Å². The molecule has 8 heterocycles. The van der Waals surface area contributed by atoms with Crippen molar-refractivity contribution >= 4 is 58.0 Å². The Morgan fingerprint density at radius 2 is 1.14 bits per heavy atom. The highest BCUT2D eigenvalue weighted by Crippen LogP contribution is 2.40. The lowest BCUT2D eigenvalue weighted by Crippen LogP contribution is -2.33. The number of hydrogen-bond donors (Lipinski definition) is 1. The van der Waals surface area contributed by atoms with Gasteiger partial charge in [-0.25, -0.2) is 23.7 Å². The number of carbonyl (C=O) groups is 2. The normalized spacial score (nSPS) is 13.4. The van der Waals surface area contributed by atoms with Gasteiger partial charge in [0.2, 0.25) is 11.8 Å². The number of hydrogen-bond acceptors (Lipinski definition) is 9. The lowest BCUT2D eigenvalue weighted by molar-refractivity contribution is -0.120. The van der Waals surface area contributed by atoms with Crippen molar-refractivity contribution in [2.24, 2.45) is 14.1 Å². The van der Waals surface area contributed by atoms with Crippen LogP contribution in [0.5, 0.6) is 0 Å². The van der Waals surface area contributed by atoms with Crippen molar-refractivity contribution in [3.63, 3.8) is 0 Å². The first kappa shape index (κ1) is 48.1. The molecule has 2 unspecified atom stereocenters. The molecule has 2 amide bonds. The molecule has 17 heteroatoms. The second kappa shape index (κ2) is 20.5. The SMILES string of the molecule is C.CC(C(=O)N1CCc2cc(-c3ccnc(Cc4ccnn4C)c3)cc(F)c21)c1cccnc1Cl.CC(C(=O)N1CCc2cc(-c3ccnc(Nc4ccnn4C)c3)cc(F)c21)c1cccnc1Cl. The van der Waals surface area contributed by atoms with E-state index in [2.05, 4.69) is 35.5 Å². The summed E-state index contributed by atoms with van der Waals surface area (Å²) in [5, 5.41) is 12.1. The Labute approximate surface area is 408 Å². The van der Waals surface area contributed by atoms with Crippen molar-refractivity contribution in [3.8, 4) is 22.3 Å². The number of halogens is 4. The first-order valence-corrected chi connectivity index (χ1v) is 22.7. The van der Waals surface area contributed by atoms with Gasteiger partial charge < -0.3 is 15.1 Å². The van der Waals surface area contributed by atoms with Crippen LogP contribution in [0.25, 0.3) is 22.3 Å². The number of pyridine rings is 4. The van der Waals surface area contributed by atoms with Crippen molar-refractivity contribution in [1.29, 1.82) is 0 Å². The second-order valence-electron chi connectivity index (χ2n) is 16.7. The van der Waals surface area contributed by atoms with Gasteiger partial charge in [-0.05, 0) is 127 Å². The predicted molar refractivity (Wildman–Crippen MR) is 266 cm³/mol. The summed E-state index contributed by atoms with van der Waals surface area (Å²) in [4.78, 5) is 46.5. The first-order valence-electron chi connectivity index (χ1n) is 22.0. The maximum atomic E-state index is 15.4. The van der Waals surface area contributed by atoms with Gasteiger partial charge in [-0.15, -0.1) is 0 Å². The number of aromatic nitrogens is 8. The third-order valence-electron chi connectivity index (χ3n) is 12.4. The Morgan fingerprint density at radius 1 is 0.623 bits per heavy atom. The zero-order valence-electron chi connectivity index (χ0n) is 37.5. The molecule has 0 aliphatic carbocycles. The fraction of sp³-hybridized carbons (Fsp3) is 0.231. The van der Waals surface area contributed by atoms with Gasteiger partial charge in [-0.3, -0.25) is 23.9 Å². The van der Waals surface area contributed by atoms with Crippen LogP contribution < -0.4 is 15.1 Å². The fourth-order valence-corrected chi connectivity index (χ4v) is 9.32. The van der Waals surface area contributed by atoms with Gasteiger partial charge in [-0.2, -0.15) is 10.2 Å². The minimum Gasteiger partial charge on any atom is -0.325 e. The molecule has 13 nitrogen and oxygen atoms in total. The van der Waals surface area contributed by atoms with Crippen LogP contribution >= 0.6 is 23.2 Å². The van der Waals surface area contributed by atoms with Crippen LogP contribution in [0.4, 0.5) is 31.8 Å². The molecule has 0 saturated heterocycles. The van der Waals surface area contributed by atoms with Crippen LogP contribution in [0.3, 0.4) is 0 Å². The number of nitrogens with zero attached hydrogens (tertiary/aromatic N) is 10. The quantitative estimate of drug-likeness (QED) is 0.133. The Bertz CT molecular complexity index is 2980. The number of amides is 2. The fourth-order valence-electron chi connectivity index (χ4n) is 8.76. The summed E-state index contributed by atoms with van der Waals surface area (Å²) in [5.41, 5.74) is 8.68. The molecule has 10 rings (SSSR count). The summed E-state index contributed by atoms with van der Waals surface area (Å²) >= 11 is 12.4. The highest BCUT2D eigenvalue weighted by atomic mass is 35.5. The molecule has 8 aromatic rings. The second-order valence-corrected chi connectivity index (χ2v) is 17.4. The third kappa shape index (κ3) is 9.97. The predicted octanol–water partition coefficient (Wildman–Crippen LogP) is 10.7. The summed E-state index contributed by atoms with van der Waals surface area (Å²) in [6, 6.07) is 25.2. The number of benzene rings is 2. The number of fused-ring (bicyclic) bond motifs is 2. The molecule has 0 fully saturated rings. The molecule has 2 aliphatic heterocycles. The van der Waals surface area contributed by atoms with Crippen molar-refractivity contribution in [1.82, 2.24) is 39.5 Å². The highest BCUT2D eigenvalue weighted by molar-refractivity contribution is 6.31. The van der Waals surface area contributed by atoms with E-state index in [9.17, 15) is 9.59 Å². The van der Waals surface area contributed by atoms with E-state index in [1.807, 2.05) is 67.3 Å². The number of anilines is 4. The largest absolute Gasteiger partial charge is 0.325 e. The summed E-state index contributed by atoms with van der Waals surface area (Å²) in [6.45, 7) is 4.39. The summed E-state index contributed by atoms with van der Waals surface area (Å²) in [5.74, 6) is -0.876. The molecule has 6 aromatic heterocycles. The van der Waals surface area contributed by atoms with E-state index < -0.39 is 23.5 Å². The smallest absolute Gasteiger partial charge is 0.234 e. The lowest BCUT2D eigenvalue weighted by atomic mass is 9.99. The first-order chi connectivity index (χ1) is 32.8. The minimum atomic E-state index is -0.535. The summed E-state index contributed by atoms with van der Waals surface area (Å²) in [6.07, 6.45) is 11.8. The average molecular weight is 969 g/mol. The van der Waals surface area contributed by atoms with Gasteiger partial charge >= 0.3 is 0 Å². The van der Waals surface area contributed by atoms with Crippen LogP contribution in [0, 0.1) is 11.6 Å². The Hall–Kier alpha value is -7.36. The minimum absolute atomic E-state index is 0. The van der Waals surface area contributed by atoms with Crippen molar-refractivity contribution in [2.75, 3.05) is 28.2 Å². The van der Waals surface area contributed by atoms with Crippen LogP contribution in [0.15, 0.2) is 122 Å². The summed E-state index contributed by atoms with van der Waals surface area (Å²) < 4.78 is 34.3. The zero-order valence-corrected chi connectivity index (χ0v) is 39.0. The number of nitrogens with one attached hydrogen (secondary N) is 1. The highest BCUT2D eigenvalue weighted by Gasteiger charge is 2.34. The Kier molecular flexibility index (Phi) is 14.3. The molecule has 69 heavy (non-hydrogen) atoms. The lowest BCUT2D eigenvalue weighted by Gasteiger charge is -2.23. The van der Waals surface area contributed by atoms with Gasteiger partial charge in [0.15, 0.2) is 0 Å². The molecular weight excluding hydrogens is 920 g/mol. The number of aryl methyl sites for hydroxylation is 2. The van der Waals surface area contributed by atoms with Crippen LogP contribution in [0.1, 0.15) is 66.8 Å². The van der Waals surface area contributed by atoms with Gasteiger partial charge in [-0.1, -0.05) is 42.8 Å². The van der Waals surface area contributed by atoms with E-state index in [0.717, 1.165) is 50.6 Å². The van der Waals surface area contributed by atoms with E-state index in [1.165, 1.54) is 21.9 Å². The monoisotopic (exact) mass is 967 g/mol. The third-order valence-corrected chi connectivity index (χ3v) is 13.1. The van der Waals surface area contributed by atoms with E-state index in [0.29, 0.717) is 65.8 Å². The van der Waals surface area contributed by atoms with Gasteiger partial charge in [0.25, 0.3) is 0 Å². The molecule has 1 N–H and O–H groups in total. The average Bonchev–Trinajstić information content (AvgIpc) is 4.17. The van der Waals surface area contributed by atoms with E-state index in [-0.39, 0.29) is 24.4 Å². The molecule has 2 aromatic carbocycles. The van der Waals surface area contributed by atoms with Crippen molar-refractivity contribution < 1.29 is 18.4 Å². The molecule has 2 aliphatic rings.